The maximum atomic E-state index is 6.33. The smallest absolute Gasteiger partial charge is 0.159 e. The van der Waals surface area contributed by atoms with Crippen LogP contribution in [0.3, 0.4) is 0 Å². The van der Waals surface area contributed by atoms with Crippen LogP contribution in [0.15, 0.2) is 219 Å². The highest BCUT2D eigenvalue weighted by atomic mass is 16.3. The van der Waals surface area contributed by atoms with Gasteiger partial charge in [-0.1, -0.05) is 140 Å². The van der Waals surface area contributed by atoms with E-state index >= 15 is 0 Å². The van der Waals surface area contributed by atoms with E-state index in [-0.39, 0.29) is 0 Å². The molecule has 13 rings (SSSR count). The van der Waals surface area contributed by atoms with Crippen molar-refractivity contribution in [2.45, 2.75) is 6.17 Å². The predicted octanol–water partition coefficient (Wildman–Crippen LogP) is 14.8. The molecule has 1 aliphatic heterocycles. The summed E-state index contributed by atoms with van der Waals surface area (Å²) in [6, 6.07) is 70.9. The summed E-state index contributed by atoms with van der Waals surface area (Å²) in [6.45, 7) is 0. The molecule has 0 amide bonds. The monoisotopic (exact) mass is 793 g/mol. The van der Waals surface area contributed by atoms with Crippen molar-refractivity contribution in [2.75, 3.05) is 0 Å². The highest BCUT2D eigenvalue weighted by molar-refractivity contribution is 6.16. The summed E-state index contributed by atoms with van der Waals surface area (Å²) >= 11 is 0. The highest BCUT2D eigenvalue weighted by Gasteiger charge is 2.23. The van der Waals surface area contributed by atoms with Crippen LogP contribution in [0.25, 0.3) is 98.4 Å². The normalized spacial score (nSPS) is 14.3. The fourth-order valence-electron chi connectivity index (χ4n) is 9.31. The Morgan fingerprint density at radius 3 is 1.71 bits per heavy atom. The number of benzene rings is 10. The first-order valence-corrected chi connectivity index (χ1v) is 21.0. The number of fused-ring (bicyclic) bond motifs is 10. The lowest BCUT2D eigenvalue weighted by Crippen LogP contribution is -2.33. The number of amidine groups is 2. The number of nitrogens with one attached hydrogen (secondary N) is 1. The van der Waals surface area contributed by atoms with E-state index in [0.717, 1.165) is 77.5 Å². The molecule has 2 aromatic heterocycles. The van der Waals surface area contributed by atoms with Gasteiger partial charge in [-0.2, -0.15) is 0 Å². The minimum atomic E-state index is -0.414. The van der Waals surface area contributed by atoms with Crippen molar-refractivity contribution in [1.29, 1.82) is 0 Å². The van der Waals surface area contributed by atoms with E-state index in [1.807, 2.05) is 42.5 Å². The Bertz CT molecular complexity index is 3870. The Labute approximate surface area is 355 Å². The van der Waals surface area contributed by atoms with Crippen LogP contribution in [-0.2, 0) is 0 Å². The van der Waals surface area contributed by atoms with Gasteiger partial charge >= 0.3 is 0 Å². The average Bonchev–Trinajstić information content (AvgIpc) is 3.91. The van der Waals surface area contributed by atoms with E-state index in [1.54, 1.807) is 0 Å². The first-order valence-electron chi connectivity index (χ1n) is 21.0. The number of nitrogens with zero attached hydrogens (tertiary/aromatic N) is 2. The third kappa shape index (κ3) is 5.70. The molecule has 290 valence electrons. The maximum absolute atomic E-state index is 6.33. The summed E-state index contributed by atoms with van der Waals surface area (Å²) in [4.78, 5) is 10.5. The summed E-state index contributed by atoms with van der Waals surface area (Å²) in [6.07, 6.45) is -0.414. The molecule has 5 heteroatoms. The van der Waals surface area contributed by atoms with E-state index in [1.165, 1.54) is 43.4 Å². The number of rotatable bonds is 5. The summed E-state index contributed by atoms with van der Waals surface area (Å²) in [5, 5.41) is 15.4. The van der Waals surface area contributed by atoms with Crippen LogP contribution in [0.1, 0.15) is 22.9 Å². The number of hydrogen-bond donors (Lipinski definition) is 1. The maximum Gasteiger partial charge on any atom is 0.159 e. The van der Waals surface area contributed by atoms with Crippen molar-refractivity contribution >= 4 is 87.9 Å². The minimum absolute atomic E-state index is 0.414. The quantitative estimate of drug-likeness (QED) is 0.177. The van der Waals surface area contributed by atoms with Gasteiger partial charge in [0.2, 0.25) is 0 Å². The molecule has 1 unspecified atom stereocenters. The number of aliphatic imine (C=N–C) groups is 2. The van der Waals surface area contributed by atoms with Crippen molar-refractivity contribution < 1.29 is 8.83 Å². The fraction of sp³-hybridized carbons (Fsp3) is 0.0175. The van der Waals surface area contributed by atoms with E-state index in [4.69, 9.17) is 18.8 Å². The van der Waals surface area contributed by atoms with Crippen LogP contribution < -0.4 is 5.32 Å². The fourth-order valence-corrected chi connectivity index (χ4v) is 9.31. The van der Waals surface area contributed by atoms with Crippen LogP contribution in [0.2, 0.25) is 0 Å². The second kappa shape index (κ2) is 13.6. The number of furan rings is 2. The van der Waals surface area contributed by atoms with E-state index in [0.29, 0.717) is 5.84 Å². The lowest BCUT2D eigenvalue weighted by molar-refractivity contribution is 0.655. The van der Waals surface area contributed by atoms with Gasteiger partial charge in [-0.05, 0) is 115 Å². The second-order valence-electron chi connectivity index (χ2n) is 16.2. The number of hydrogen-bond acceptors (Lipinski definition) is 5. The van der Waals surface area contributed by atoms with Crippen LogP contribution >= 0.6 is 0 Å². The Morgan fingerprint density at radius 1 is 0.339 bits per heavy atom. The molecule has 5 nitrogen and oxygen atoms in total. The third-order valence-electron chi connectivity index (χ3n) is 12.5. The molecule has 0 saturated heterocycles. The van der Waals surface area contributed by atoms with E-state index in [9.17, 15) is 0 Å². The molecule has 12 aromatic rings. The molecule has 1 aliphatic rings. The SMILES string of the molecule is c1cc(C2=NC(c3ccc4c(c3)oc3ccccc34)NC(c3ccc4oc5ccccc5c4c3)=N2)cc(-c2ccc3ccc(-c4ccc5ccc6ccccc6c5c4)cc3c2)c1. The second-order valence-corrected chi connectivity index (χ2v) is 16.2. The molecular weight excluding hydrogens is 759 g/mol. The Morgan fingerprint density at radius 2 is 0.903 bits per heavy atom. The largest absolute Gasteiger partial charge is 0.456 e. The highest BCUT2D eigenvalue weighted by Crippen LogP contribution is 2.36. The van der Waals surface area contributed by atoms with Crippen molar-refractivity contribution in [3.05, 3.63) is 217 Å². The molecule has 62 heavy (non-hydrogen) atoms. The van der Waals surface area contributed by atoms with Crippen LogP contribution in [-0.4, -0.2) is 11.7 Å². The standard InChI is InChI=1S/C57H35N3O2/c1-2-11-45-35(8-1)18-19-36-20-23-40(31-49(36)45)39-22-17-34-16-21-38(29-44(34)30-39)37-9-7-10-41(28-37)55-58-56(42-25-27-53-50(32-42)47-13-4-6-15-52(47)61-53)60-57(59-55)43-24-26-48-46-12-3-5-14-51(46)62-54(48)33-43/h1-33,57H,(H,58,59,60). The van der Waals surface area contributed by atoms with Crippen molar-refractivity contribution in [1.82, 2.24) is 5.32 Å². The third-order valence-corrected chi connectivity index (χ3v) is 12.5. The molecule has 0 fully saturated rings. The van der Waals surface area contributed by atoms with Crippen molar-refractivity contribution in [3.63, 3.8) is 0 Å². The van der Waals surface area contributed by atoms with Gasteiger partial charge in [-0.15, -0.1) is 0 Å². The van der Waals surface area contributed by atoms with Crippen LogP contribution in [0.5, 0.6) is 0 Å². The van der Waals surface area contributed by atoms with Gasteiger partial charge < -0.3 is 14.2 Å². The number of para-hydroxylation sites is 2. The van der Waals surface area contributed by atoms with Crippen LogP contribution in [0.4, 0.5) is 0 Å². The summed E-state index contributed by atoms with van der Waals surface area (Å²) in [5.74, 6) is 1.39. The average molecular weight is 794 g/mol. The molecule has 0 saturated carbocycles. The zero-order chi connectivity index (χ0) is 40.7. The van der Waals surface area contributed by atoms with Gasteiger partial charge in [-0.25, -0.2) is 9.98 Å². The Hall–Kier alpha value is -8.28. The van der Waals surface area contributed by atoms with E-state index < -0.39 is 6.17 Å². The Kier molecular flexibility index (Phi) is 7.60. The zero-order valence-electron chi connectivity index (χ0n) is 33.3. The van der Waals surface area contributed by atoms with Gasteiger partial charge in [0, 0.05) is 38.2 Å². The molecule has 0 radical (unpaired) electrons. The van der Waals surface area contributed by atoms with E-state index in [2.05, 4.69) is 163 Å². The van der Waals surface area contributed by atoms with Crippen molar-refractivity contribution in [3.8, 4) is 22.3 Å². The first-order chi connectivity index (χ1) is 30.6. The minimum Gasteiger partial charge on any atom is -0.456 e. The first kappa shape index (κ1) is 34.6. The van der Waals surface area contributed by atoms with Gasteiger partial charge in [0.25, 0.3) is 0 Å². The molecule has 0 aliphatic carbocycles. The molecule has 1 N–H and O–H groups in total. The van der Waals surface area contributed by atoms with Gasteiger partial charge in [0.15, 0.2) is 5.84 Å². The van der Waals surface area contributed by atoms with Crippen molar-refractivity contribution in [2.24, 2.45) is 9.98 Å². The molecule has 1 atom stereocenters. The Balaban J connectivity index is 0.900. The molecule has 3 heterocycles. The lowest BCUT2D eigenvalue weighted by Gasteiger charge is -2.24. The van der Waals surface area contributed by atoms with Crippen LogP contribution in [0, 0.1) is 0 Å². The van der Waals surface area contributed by atoms with Gasteiger partial charge in [0.1, 0.15) is 34.3 Å². The summed E-state index contributed by atoms with van der Waals surface area (Å²) < 4.78 is 12.5. The predicted molar refractivity (Wildman–Crippen MR) is 256 cm³/mol. The summed E-state index contributed by atoms with van der Waals surface area (Å²) in [7, 11) is 0. The zero-order valence-corrected chi connectivity index (χ0v) is 33.3. The topological polar surface area (TPSA) is 63.0 Å². The molecular formula is C57H35N3O2. The molecule has 0 spiro atoms. The lowest BCUT2D eigenvalue weighted by atomic mass is 9.94. The molecule has 10 aromatic carbocycles. The van der Waals surface area contributed by atoms with Gasteiger partial charge in [0.05, 0.1) is 0 Å². The summed E-state index contributed by atoms with van der Waals surface area (Å²) in [5.41, 5.74) is 10.9. The van der Waals surface area contributed by atoms with Gasteiger partial charge in [-0.3, -0.25) is 0 Å². The molecule has 0 bridgehead atoms.